The summed E-state index contributed by atoms with van der Waals surface area (Å²) in [6.07, 6.45) is 4.69. The molecule has 126 valence electrons. The molecule has 2 rings (SSSR count). The monoisotopic (exact) mass is 319 g/mol. The zero-order valence-corrected chi connectivity index (χ0v) is 13.6. The number of methoxy groups -OCH3 is 1. The number of Topliss-reactive ketones (excluding diaryl/α,β-unsaturated/α-hetero) is 1. The Bertz CT molecular complexity index is 532. The second kappa shape index (κ2) is 8.11. The minimum Gasteiger partial charge on any atom is -0.497 e. The SMILES string of the molecule is COc1ccc(C(=O)CCCC(=O)NCC2(O)CCCC2)cc1. The first-order valence-electron chi connectivity index (χ1n) is 8.19. The van der Waals surface area contributed by atoms with E-state index in [9.17, 15) is 14.7 Å². The fraction of sp³-hybridized carbons (Fsp3) is 0.556. The molecule has 23 heavy (non-hydrogen) atoms. The summed E-state index contributed by atoms with van der Waals surface area (Å²) in [5, 5.41) is 12.9. The lowest BCUT2D eigenvalue weighted by Gasteiger charge is -2.22. The summed E-state index contributed by atoms with van der Waals surface area (Å²) in [6.45, 7) is 0.318. The highest BCUT2D eigenvalue weighted by molar-refractivity contribution is 5.96. The second-order valence-corrected chi connectivity index (χ2v) is 6.21. The Hall–Kier alpha value is -1.88. The Kier molecular flexibility index (Phi) is 6.16. The zero-order chi connectivity index (χ0) is 16.7. The van der Waals surface area contributed by atoms with Crippen LogP contribution in [0.1, 0.15) is 55.3 Å². The van der Waals surface area contributed by atoms with Crippen molar-refractivity contribution in [2.45, 2.75) is 50.5 Å². The summed E-state index contributed by atoms with van der Waals surface area (Å²) in [5.74, 6) is 0.633. The molecule has 1 aliphatic carbocycles. The normalized spacial score (nSPS) is 16.1. The maximum Gasteiger partial charge on any atom is 0.220 e. The van der Waals surface area contributed by atoms with Crippen LogP contribution in [0.2, 0.25) is 0 Å². The van der Waals surface area contributed by atoms with Gasteiger partial charge in [0.2, 0.25) is 5.91 Å². The van der Waals surface area contributed by atoms with Gasteiger partial charge in [-0.1, -0.05) is 12.8 Å². The van der Waals surface area contributed by atoms with Crippen molar-refractivity contribution in [3.8, 4) is 5.75 Å². The first-order chi connectivity index (χ1) is 11.0. The molecule has 0 radical (unpaired) electrons. The average molecular weight is 319 g/mol. The molecule has 0 atom stereocenters. The van der Waals surface area contributed by atoms with Gasteiger partial charge in [-0.2, -0.15) is 0 Å². The zero-order valence-electron chi connectivity index (χ0n) is 13.6. The molecule has 2 N–H and O–H groups in total. The third-order valence-electron chi connectivity index (χ3n) is 4.37. The third kappa shape index (κ3) is 5.36. The standard InChI is InChI=1S/C18H25NO4/c1-23-15-9-7-14(8-10-15)16(20)5-4-6-17(21)19-13-18(22)11-2-3-12-18/h7-10,22H,2-6,11-13H2,1H3,(H,19,21). The van der Waals surface area contributed by atoms with E-state index < -0.39 is 5.60 Å². The molecule has 1 saturated carbocycles. The molecule has 0 unspecified atom stereocenters. The highest BCUT2D eigenvalue weighted by atomic mass is 16.5. The molecule has 1 aromatic rings. The number of hydrogen-bond donors (Lipinski definition) is 2. The largest absolute Gasteiger partial charge is 0.497 e. The highest BCUT2D eigenvalue weighted by Gasteiger charge is 2.31. The maximum absolute atomic E-state index is 12.0. The van der Waals surface area contributed by atoms with E-state index >= 15 is 0 Å². The Morgan fingerprint density at radius 1 is 1.17 bits per heavy atom. The van der Waals surface area contributed by atoms with Crippen LogP contribution < -0.4 is 10.1 Å². The first kappa shape index (κ1) is 17.5. The number of rotatable bonds is 8. The van der Waals surface area contributed by atoms with Crippen molar-refractivity contribution in [1.82, 2.24) is 5.32 Å². The van der Waals surface area contributed by atoms with Gasteiger partial charge >= 0.3 is 0 Å². The van der Waals surface area contributed by atoms with Gasteiger partial charge in [-0.3, -0.25) is 9.59 Å². The van der Waals surface area contributed by atoms with Gasteiger partial charge in [-0.25, -0.2) is 0 Å². The van der Waals surface area contributed by atoms with Gasteiger partial charge in [0.05, 0.1) is 12.7 Å². The van der Waals surface area contributed by atoms with E-state index in [2.05, 4.69) is 5.32 Å². The number of amides is 1. The smallest absolute Gasteiger partial charge is 0.220 e. The first-order valence-corrected chi connectivity index (χ1v) is 8.19. The highest BCUT2D eigenvalue weighted by Crippen LogP contribution is 2.28. The predicted molar refractivity (Wildman–Crippen MR) is 87.6 cm³/mol. The number of benzene rings is 1. The van der Waals surface area contributed by atoms with E-state index in [1.54, 1.807) is 31.4 Å². The van der Waals surface area contributed by atoms with Gasteiger partial charge in [0.15, 0.2) is 5.78 Å². The number of aliphatic hydroxyl groups is 1. The van der Waals surface area contributed by atoms with Gasteiger partial charge in [-0.15, -0.1) is 0 Å². The van der Waals surface area contributed by atoms with Crippen LogP contribution in [0.3, 0.4) is 0 Å². The van der Waals surface area contributed by atoms with E-state index in [0.717, 1.165) is 25.7 Å². The number of nitrogens with one attached hydrogen (secondary N) is 1. The van der Waals surface area contributed by atoms with Gasteiger partial charge in [0.1, 0.15) is 5.75 Å². The lowest BCUT2D eigenvalue weighted by molar-refractivity contribution is -0.122. The van der Waals surface area contributed by atoms with E-state index in [1.807, 2.05) is 0 Å². The lowest BCUT2D eigenvalue weighted by atomic mass is 10.0. The Labute approximate surface area is 137 Å². The molecule has 5 heteroatoms. The number of ketones is 1. The second-order valence-electron chi connectivity index (χ2n) is 6.21. The molecular weight excluding hydrogens is 294 g/mol. The molecule has 0 bridgehead atoms. The van der Waals surface area contributed by atoms with Crippen molar-refractivity contribution in [1.29, 1.82) is 0 Å². The number of carbonyl (C=O) groups excluding carboxylic acids is 2. The van der Waals surface area contributed by atoms with E-state index in [0.29, 0.717) is 37.1 Å². The quantitative estimate of drug-likeness (QED) is 0.722. The summed E-state index contributed by atoms with van der Waals surface area (Å²) >= 11 is 0. The molecule has 1 aliphatic rings. The molecule has 0 saturated heterocycles. The summed E-state index contributed by atoms with van der Waals surface area (Å²) < 4.78 is 5.05. The molecule has 1 aromatic carbocycles. The van der Waals surface area contributed by atoms with Crippen molar-refractivity contribution in [3.05, 3.63) is 29.8 Å². The summed E-state index contributed by atoms with van der Waals surface area (Å²) in [5.41, 5.74) is -0.0966. The number of ether oxygens (including phenoxy) is 1. The minimum atomic E-state index is -0.728. The molecule has 0 spiro atoms. The Morgan fingerprint density at radius 2 is 1.83 bits per heavy atom. The van der Waals surface area contributed by atoms with Crippen LogP contribution in [0.5, 0.6) is 5.75 Å². The molecule has 1 fully saturated rings. The molecule has 0 heterocycles. The van der Waals surface area contributed by atoms with Crippen molar-refractivity contribution in [2.75, 3.05) is 13.7 Å². The average Bonchev–Trinajstić information content (AvgIpc) is 3.00. The number of hydrogen-bond acceptors (Lipinski definition) is 4. The fourth-order valence-electron chi connectivity index (χ4n) is 2.89. The molecular formula is C18H25NO4. The lowest BCUT2D eigenvalue weighted by Crippen LogP contribution is -2.40. The number of carbonyl (C=O) groups is 2. The van der Waals surface area contributed by atoms with Crippen LogP contribution in [-0.2, 0) is 4.79 Å². The van der Waals surface area contributed by atoms with Gasteiger partial charge in [-0.05, 0) is 43.5 Å². The molecule has 5 nitrogen and oxygen atoms in total. The van der Waals surface area contributed by atoms with Gasteiger partial charge in [0, 0.05) is 24.9 Å². The molecule has 0 aromatic heterocycles. The molecule has 0 aliphatic heterocycles. The van der Waals surface area contributed by atoms with E-state index in [1.165, 1.54) is 0 Å². The predicted octanol–water partition coefficient (Wildman–Crippen LogP) is 2.47. The van der Waals surface area contributed by atoms with E-state index in [4.69, 9.17) is 4.74 Å². The molecule has 1 amide bonds. The van der Waals surface area contributed by atoms with Gasteiger partial charge in [0.25, 0.3) is 0 Å². The summed E-state index contributed by atoms with van der Waals surface area (Å²) in [7, 11) is 1.58. The summed E-state index contributed by atoms with van der Waals surface area (Å²) in [6, 6.07) is 6.97. The van der Waals surface area contributed by atoms with Crippen molar-refractivity contribution >= 4 is 11.7 Å². The van der Waals surface area contributed by atoms with Crippen LogP contribution in [0.15, 0.2) is 24.3 Å². The van der Waals surface area contributed by atoms with Crippen LogP contribution in [0, 0.1) is 0 Å². The maximum atomic E-state index is 12.0. The summed E-state index contributed by atoms with van der Waals surface area (Å²) in [4.78, 5) is 23.8. The third-order valence-corrected chi connectivity index (χ3v) is 4.37. The van der Waals surface area contributed by atoms with Crippen LogP contribution in [0.4, 0.5) is 0 Å². The van der Waals surface area contributed by atoms with Crippen LogP contribution in [-0.4, -0.2) is 36.1 Å². The topological polar surface area (TPSA) is 75.6 Å². The van der Waals surface area contributed by atoms with Crippen LogP contribution in [0.25, 0.3) is 0 Å². The van der Waals surface area contributed by atoms with Crippen molar-refractivity contribution in [3.63, 3.8) is 0 Å². The van der Waals surface area contributed by atoms with Gasteiger partial charge < -0.3 is 15.2 Å². The fourth-order valence-corrected chi connectivity index (χ4v) is 2.89. The van der Waals surface area contributed by atoms with E-state index in [-0.39, 0.29) is 11.7 Å². The van der Waals surface area contributed by atoms with Crippen molar-refractivity contribution in [2.24, 2.45) is 0 Å². The minimum absolute atomic E-state index is 0.0230. The van der Waals surface area contributed by atoms with Crippen LogP contribution >= 0.6 is 0 Å². The Morgan fingerprint density at radius 3 is 2.43 bits per heavy atom. The van der Waals surface area contributed by atoms with Crippen molar-refractivity contribution < 1.29 is 19.4 Å². The Balaban J connectivity index is 1.67.